The fraction of sp³-hybridized carbons (Fsp3) is 0.571. The van der Waals surface area contributed by atoms with Crippen molar-refractivity contribution in [1.29, 1.82) is 0 Å². The van der Waals surface area contributed by atoms with E-state index in [9.17, 15) is 0 Å². The Hall–Kier alpha value is -0.580. The van der Waals surface area contributed by atoms with E-state index in [1.807, 2.05) is 7.05 Å². The SMILES string of the molecule is CCC1CN(c2ccc(Br)cc2CNC)CCO1. The largest absolute Gasteiger partial charge is 0.375 e. The molecule has 0 aromatic heterocycles. The van der Waals surface area contributed by atoms with Crippen molar-refractivity contribution in [2.45, 2.75) is 26.0 Å². The molecular weight excluding hydrogens is 292 g/mol. The zero-order valence-corrected chi connectivity index (χ0v) is 12.7. The molecule has 1 N–H and O–H groups in total. The molecule has 1 aliphatic rings. The molecule has 0 bridgehead atoms. The first-order valence-electron chi connectivity index (χ1n) is 6.54. The number of hydrogen-bond acceptors (Lipinski definition) is 3. The van der Waals surface area contributed by atoms with Gasteiger partial charge in [-0.3, -0.25) is 0 Å². The van der Waals surface area contributed by atoms with Crippen molar-refractivity contribution in [3.8, 4) is 0 Å². The van der Waals surface area contributed by atoms with Crippen molar-refractivity contribution in [2.24, 2.45) is 0 Å². The third kappa shape index (κ3) is 3.25. The summed E-state index contributed by atoms with van der Waals surface area (Å²) < 4.78 is 6.87. The highest BCUT2D eigenvalue weighted by molar-refractivity contribution is 9.10. The average Bonchev–Trinajstić information content (AvgIpc) is 2.39. The van der Waals surface area contributed by atoms with Gasteiger partial charge in [-0.05, 0) is 37.2 Å². The summed E-state index contributed by atoms with van der Waals surface area (Å²) in [5, 5.41) is 3.24. The van der Waals surface area contributed by atoms with E-state index in [1.165, 1.54) is 11.3 Å². The third-order valence-corrected chi connectivity index (χ3v) is 3.84. The van der Waals surface area contributed by atoms with Crippen molar-refractivity contribution >= 4 is 21.6 Å². The predicted molar refractivity (Wildman–Crippen MR) is 79.1 cm³/mol. The highest BCUT2D eigenvalue weighted by Crippen LogP contribution is 2.26. The molecule has 0 radical (unpaired) electrons. The van der Waals surface area contributed by atoms with E-state index < -0.39 is 0 Å². The Morgan fingerprint density at radius 3 is 3.06 bits per heavy atom. The van der Waals surface area contributed by atoms with Gasteiger partial charge in [-0.15, -0.1) is 0 Å². The van der Waals surface area contributed by atoms with E-state index in [2.05, 4.69) is 51.3 Å². The summed E-state index contributed by atoms with van der Waals surface area (Å²) >= 11 is 3.54. The maximum Gasteiger partial charge on any atom is 0.0748 e. The molecule has 1 fully saturated rings. The van der Waals surface area contributed by atoms with Gasteiger partial charge in [0.1, 0.15) is 0 Å². The minimum Gasteiger partial charge on any atom is -0.375 e. The predicted octanol–water partition coefficient (Wildman–Crippen LogP) is 2.78. The Morgan fingerprint density at radius 2 is 2.33 bits per heavy atom. The minimum atomic E-state index is 0.366. The number of benzene rings is 1. The highest BCUT2D eigenvalue weighted by Gasteiger charge is 2.20. The van der Waals surface area contributed by atoms with Gasteiger partial charge in [-0.2, -0.15) is 0 Å². The maximum absolute atomic E-state index is 5.74. The third-order valence-electron chi connectivity index (χ3n) is 3.34. The van der Waals surface area contributed by atoms with Crippen molar-refractivity contribution < 1.29 is 4.74 Å². The van der Waals surface area contributed by atoms with Gasteiger partial charge in [-0.1, -0.05) is 22.9 Å². The first kappa shape index (κ1) is 13.8. The van der Waals surface area contributed by atoms with E-state index in [4.69, 9.17) is 4.74 Å². The lowest BCUT2D eigenvalue weighted by Crippen LogP contribution is -2.42. The lowest BCUT2D eigenvalue weighted by atomic mass is 10.1. The van der Waals surface area contributed by atoms with E-state index in [-0.39, 0.29) is 0 Å². The average molecular weight is 313 g/mol. The summed E-state index contributed by atoms with van der Waals surface area (Å²) in [7, 11) is 1.98. The van der Waals surface area contributed by atoms with Crippen molar-refractivity contribution in [1.82, 2.24) is 5.32 Å². The molecule has 0 spiro atoms. The molecule has 2 rings (SSSR count). The van der Waals surface area contributed by atoms with E-state index in [0.717, 1.165) is 37.1 Å². The summed E-state index contributed by atoms with van der Waals surface area (Å²) in [6, 6.07) is 6.52. The normalized spacial score (nSPS) is 20.2. The molecule has 1 unspecified atom stereocenters. The monoisotopic (exact) mass is 312 g/mol. The van der Waals surface area contributed by atoms with Crippen molar-refractivity contribution in [3.05, 3.63) is 28.2 Å². The Labute approximate surface area is 118 Å². The lowest BCUT2D eigenvalue weighted by molar-refractivity contribution is 0.0384. The number of nitrogens with zero attached hydrogens (tertiary/aromatic N) is 1. The molecule has 1 saturated heterocycles. The number of rotatable bonds is 4. The molecule has 1 aromatic rings. The van der Waals surface area contributed by atoms with Gasteiger partial charge in [0.15, 0.2) is 0 Å². The van der Waals surface area contributed by atoms with E-state index in [0.29, 0.717) is 6.10 Å². The first-order chi connectivity index (χ1) is 8.74. The Bertz CT molecular complexity index is 397. The molecule has 0 aliphatic carbocycles. The zero-order valence-electron chi connectivity index (χ0n) is 11.1. The second kappa shape index (κ2) is 6.55. The number of halogens is 1. The summed E-state index contributed by atoms with van der Waals surface area (Å²) in [4.78, 5) is 2.44. The van der Waals surface area contributed by atoms with Crippen LogP contribution in [0.2, 0.25) is 0 Å². The first-order valence-corrected chi connectivity index (χ1v) is 7.33. The molecule has 3 nitrogen and oxygen atoms in total. The lowest BCUT2D eigenvalue weighted by Gasteiger charge is -2.35. The molecule has 1 atom stereocenters. The number of nitrogens with one attached hydrogen (secondary N) is 1. The fourth-order valence-corrected chi connectivity index (χ4v) is 2.79. The standard InChI is InChI=1S/C14H21BrN2O/c1-3-13-10-17(6-7-18-13)14-5-4-12(15)8-11(14)9-16-2/h4-5,8,13,16H,3,6-7,9-10H2,1-2H3. The molecular formula is C14H21BrN2O. The number of anilines is 1. The zero-order chi connectivity index (χ0) is 13.0. The molecule has 4 heteroatoms. The molecule has 0 amide bonds. The fourth-order valence-electron chi connectivity index (χ4n) is 2.38. The Balaban J connectivity index is 2.20. The van der Waals surface area contributed by atoms with E-state index >= 15 is 0 Å². The van der Waals surface area contributed by atoms with Crippen LogP contribution in [0.25, 0.3) is 0 Å². The van der Waals surface area contributed by atoms with Gasteiger partial charge in [0.2, 0.25) is 0 Å². The summed E-state index contributed by atoms with van der Waals surface area (Å²) in [5.41, 5.74) is 2.66. The highest BCUT2D eigenvalue weighted by atomic mass is 79.9. The second-order valence-electron chi connectivity index (χ2n) is 4.65. The Kier molecular flexibility index (Phi) is 5.03. The molecule has 100 valence electrons. The number of ether oxygens (including phenoxy) is 1. The smallest absolute Gasteiger partial charge is 0.0748 e. The summed E-state index contributed by atoms with van der Waals surface area (Å²) in [6.07, 6.45) is 1.44. The van der Waals surface area contributed by atoms with Gasteiger partial charge in [0.25, 0.3) is 0 Å². The molecule has 0 saturated carbocycles. The van der Waals surface area contributed by atoms with Gasteiger partial charge >= 0.3 is 0 Å². The summed E-state index contributed by atoms with van der Waals surface area (Å²) in [5.74, 6) is 0. The van der Waals surface area contributed by atoms with Crippen molar-refractivity contribution in [3.63, 3.8) is 0 Å². The number of hydrogen-bond donors (Lipinski definition) is 1. The van der Waals surface area contributed by atoms with Crippen LogP contribution in [0.15, 0.2) is 22.7 Å². The second-order valence-corrected chi connectivity index (χ2v) is 5.57. The van der Waals surface area contributed by atoms with Crippen LogP contribution < -0.4 is 10.2 Å². The minimum absolute atomic E-state index is 0.366. The maximum atomic E-state index is 5.74. The quantitative estimate of drug-likeness (QED) is 0.925. The van der Waals surface area contributed by atoms with Gasteiger partial charge in [0.05, 0.1) is 12.7 Å². The van der Waals surface area contributed by atoms with Crippen LogP contribution in [0, 0.1) is 0 Å². The molecule has 1 aromatic carbocycles. The van der Waals surface area contributed by atoms with Crippen LogP contribution in [0.4, 0.5) is 5.69 Å². The van der Waals surface area contributed by atoms with Gasteiger partial charge in [-0.25, -0.2) is 0 Å². The van der Waals surface area contributed by atoms with Gasteiger partial charge < -0.3 is 15.0 Å². The van der Waals surface area contributed by atoms with Crippen molar-refractivity contribution in [2.75, 3.05) is 31.6 Å². The number of morpholine rings is 1. The van der Waals surface area contributed by atoms with Crippen LogP contribution >= 0.6 is 15.9 Å². The summed E-state index contributed by atoms with van der Waals surface area (Å²) in [6.45, 7) is 5.88. The van der Waals surface area contributed by atoms with E-state index in [1.54, 1.807) is 0 Å². The van der Waals surface area contributed by atoms with Crippen LogP contribution in [0.3, 0.4) is 0 Å². The van der Waals surface area contributed by atoms with Crippen LogP contribution in [0.1, 0.15) is 18.9 Å². The molecule has 1 aliphatic heterocycles. The Morgan fingerprint density at radius 1 is 1.50 bits per heavy atom. The molecule has 1 heterocycles. The molecule has 18 heavy (non-hydrogen) atoms. The van der Waals surface area contributed by atoms with Crippen LogP contribution in [-0.4, -0.2) is 32.8 Å². The van der Waals surface area contributed by atoms with Crippen LogP contribution in [-0.2, 0) is 11.3 Å². The van der Waals surface area contributed by atoms with Gasteiger partial charge in [0, 0.05) is 29.8 Å². The van der Waals surface area contributed by atoms with Crippen LogP contribution in [0.5, 0.6) is 0 Å². The topological polar surface area (TPSA) is 24.5 Å².